The standard InChI is InChI=1S/C9H10N4O2/c1-3-15-9(14)7-5-11-13-6(2)4-10-12-8(7)13/h4-5H,3H2,1-2H3. The van der Waals surface area contributed by atoms with Crippen LogP contribution in [0.5, 0.6) is 0 Å². The monoisotopic (exact) mass is 206 g/mol. The highest BCUT2D eigenvalue weighted by Crippen LogP contribution is 2.09. The number of hydrogen-bond acceptors (Lipinski definition) is 5. The third kappa shape index (κ3) is 1.54. The number of ether oxygens (including phenoxy) is 1. The average Bonchev–Trinajstić information content (AvgIpc) is 2.63. The van der Waals surface area contributed by atoms with Crippen molar-refractivity contribution in [3.63, 3.8) is 0 Å². The van der Waals surface area contributed by atoms with Crippen LogP contribution in [0.3, 0.4) is 0 Å². The summed E-state index contributed by atoms with van der Waals surface area (Å²) in [5, 5.41) is 11.7. The molecule has 2 rings (SSSR count). The van der Waals surface area contributed by atoms with Crippen LogP contribution in [0.1, 0.15) is 23.0 Å². The van der Waals surface area contributed by atoms with Crippen molar-refractivity contribution in [2.24, 2.45) is 0 Å². The molecule has 0 saturated heterocycles. The number of aromatic nitrogens is 4. The summed E-state index contributed by atoms with van der Waals surface area (Å²) in [6, 6.07) is 0. The van der Waals surface area contributed by atoms with Crippen LogP contribution in [0.15, 0.2) is 12.4 Å². The highest BCUT2D eigenvalue weighted by molar-refractivity contribution is 5.95. The lowest BCUT2D eigenvalue weighted by Crippen LogP contribution is -2.06. The molecule has 0 N–H and O–H groups in total. The number of hydrogen-bond donors (Lipinski definition) is 0. The summed E-state index contributed by atoms with van der Waals surface area (Å²) in [5.74, 6) is -0.424. The van der Waals surface area contributed by atoms with Gasteiger partial charge in [-0.15, -0.1) is 5.10 Å². The molecule has 0 spiro atoms. The Labute approximate surface area is 85.9 Å². The normalized spacial score (nSPS) is 10.5. The molecule has 0 aliphatic rings. The number of aryl methyl sites for hydroxylation is 1. The van der Waals surface area contributed by atoms with E-state index in [2.05, 4.69) is 15.3 Å². The van der Waals surface area contributed by atoms with Crippen molar-refractivity contribution in [1.29, 1.82) is 0 Å². The zero-order valence-electron chi connectivity index (χ0n) is 8.47. The molecule has 0 atom stereocenters. The Bertz CT molecular complexity index is 506. The highest BCUT2D eigenvalue weighted by Gasteiger charge is 2.15. The molecule has 2 aromatic heterocycles. The molecule has 0 aliphatic carbocycles. The SMILES string of the molecule is CCOC(=O)c1cnn2c(C)cnnc12. The van der Waals surface area contributed by atoms with Crippen molar-refractivity contribution in [3.05, 3.63) is 23.7 Å². The molecular weight excluding hydrogens is 196 g/mol. The van der Waals surface area contributed by atoms with E-state index < -0.39 is 5.97 Å². The molecule has 6 heteroatoms. The Morgan fingerprint density at radius 2 is 2.33 bits per heavy atom. The minimum atomic E-state index is -0.424. The molecule has 0 saturated carbocycles. The van der Waals surface area contributed by atoms with Gasteiger partial charge < -0.3 is 4.74 Å². The van der Waals surface area contributed by atoms with Gasteiger partial charge in [0.05, 0.1) is 24.7 Å². The molecule has 0 aromatic carbocycles. The summed E-state index contributed by atoms with van der Waals surface area (Å²) in [6.07, 6.45) is 3.02. The summed E-state index contributed by atoms with van der Waals surface area (Å²) >= 11 is 0. The lowest BCUT2D eigenvalue weighted by atomic mass is 10.3. The van der Waals surface area contributed by atoms with Crippen LogP contribution in [0.25, 0.3) is 5.65 Å². The first-order chi connectivity index (χ1) is 7.24. The van der Waals surface area contributed by atoms with E-state index in [-0.39, 0.29) is 0 Å². The molecule has 0 bridgehead atoms. The van der Waals surface area contributed by atoms with Crippen LogP contribution >= 0.6 is 0 Å². The Balaban J connectivity index is 2.54. The zero-order chi connectivity index (χ0) is 10.8. The quantitative estimate of drug-likeness (QED) is 0.673. The fourth-order valence-corrected chi connectivity index (χ4v) is 1.27. The fraction of sp³-hybridized carbons (Fsp3) is 0.333. The van der Waals surface area contributed by atoms with Crippen molar-refractivity contribution in [2.75, 3.05) is 6.61 Å². The molecule has 15 heavy (non-hydrogen) atoms. The molecule has 0 fully saturated rings. The molecule has 2 heterocycles. The first kappa shape index (κ1) is 9.57. The Morgan fingerprint density at radius 3 is 3.07 bits per heavy atom. The Kier molecular flexibility index (Phi) is 2.32. The van der Waals surface area contributed by atoms with Crippen LogP contribution in [-0.2, 0) is 4.74 Å². The number of nitrogens with zero attached hydrogens (tertiary/aromatic N) is 4. The van der Waals surface area contributed by atoms with Crippen LogP contribution in [-0.4, -0.2) is 32.4 Å². The van der Waals surface area contributed by atoms with Gasteiger partial charge in [0.1, 0.15) is 5.56 Å². The zero-order valence-corrected chi connectivity index (χ0v) is 8.47. The minimum absolute atomic E-state index is 0.329. The van der Waals surface area contributed by atoms with Gasteiger partial charge >= 0.3 is 5.97 Å². The third-order valence-electron chi connectivity index (χ3n) is 1.97. The first-order valence-electron chi connectivity index (χ1n) is 4.57. The van der Waals surface area contributed by atoms with Crippen molar-refractivity contribution < 1.29 is 9.53 Å². The molecule has 2 aromatic rings. The summed E-state index contributed by atoms with van der Waals surface area (Å²) in [4.78, 5) is 11.5. The van der Waals surface area contributed by atoms with E-state index in [1.165, 1.54) is 6.20 Å². The van der Waals surface area contributed by atoms with Gasteiger partial charge in [0.25, 0.3) is 0 Å². The highest BCUT2D eigenvalue weighted by atomic mass is 16.5. The van der Waals surface area contributed by atoms with Gasteiger partial charge in [0.2, 0.25) is 0 Å². The summed E-state index contributed by atoms with van der Waals surface area (Å²) < 4.78 is 6.43. The van der Waals surface area contributed by atoms with Crippen LogP contribution in [0.2, 0.25) is 0 Å². The molecule has 0 unspecified atom stereocenters. The fourth-order valence-electron chi connectivity index (χ4n) is 1.27. The number of esters is 1. The van der Waals surface area contributed by atoms with Crippen molar-refractivity contribution in [1.82, 2.24) is 19.8 Å². The van der Waals surface area contributed by atoms with Crippen LogP contribution < -0.4 is 0 Å². The van der Waals surface area contributed by atoms with Crippen LogP contribution in [0, 0.1) is 6.92 Å². The lowest BCUT2D eigenvalue weighted by molar-refractivity contribution is 0.0528. The van der Waals surface area contributed by atoms with E-state index in [1.54, 1.807) is 17.6 Å². The molecule has 0 aliphatic heterocycles. The van der Waals surface area contributed by atoms with Crippen molar-refractivity contribution in [2.45, 2.75) is 13.8 Å². The van der Waals surface area contributed by atoms with E-state index >= 15 is 0 Å². The van der Waals surface area contributed by atoms with Crippen molar-refractivity contribution in [3.8, 4) is 0 Å². The molecule has 6 nitrogen and oxygen atoms in total. The predicted molar refractivity (Wildman–Crippen MR) is 51.5 cm³/mol. The van der Waals surface area contributed by atoms with Gasteiger partial charge in [-0.2, -0.15) is 10.2 Å². The Morgan fingerprint density at radius 1 is 1.53 bits per heavy atom. The van der Waals surface area contributed by atoms with Gasteiger partial charge in [-0.1, -0.05) is 0 Å². The van der Waals surface area contributed by atoms with E-state index in [0.717, 1.165) is 5.69 Å². The largest absolute Gasteiger partial charge is 0.462 e. The van der Waals surface area contributed by atoms with Gasteiger partial charge in [-0.25, -0.2) is 9.31 Å². The minimum Gasteiger partial charge on any atom is -0.462 e. The topological polar surface area (TPSA) is 69.4 Å². The molecular formula is C9H10N4O2. The molecule has 0 radical (unpaired) electrons. The van der Waals surface area contributed by atoms with Gasteiger partial charge in [-0.3, -0.25) is 0 Å². The summed E-state index contributed by atoms with van der Waals surface area (Å²) in [5.41, 5.74) is 1.58. The van der Waals surface area contributed by atoms with Gasteiger partial charge in [0.15, 0.2) is 5.65 Å². The van der Waals surface area contributed by atoms with E-state index in [1.807, 2.05) is 6.92 Å². The maximum atomic E-state index is 11.5. The average molecular weight is 206 g/mol. The number of carbonyl (C=O) groups excluding carboxylic acids is 1. The second kappa shape index (κ2) is 3.64. The van der Waals surface area contributed by atoms with Crippen LogP contribution in [0.4, 0.5) is 0 Å². The third-order valence-corrected chi connectivity index (χ3v) is 1.97. The molecule has 78 valence electrons. The maximum Gasteiger partial charge on any atom is 0.343 e. The predicted octanol–water partition coefficient (Wildman–Crippen LogP) is 0.609. The Hall–Kier alpha value is -1.98. The van der Waals surface area contributed by atoms with Gasteiger partial charge in [0, 0.05) is 0 Å². The first-order valence-corrected chi connectivity index (χ1v) is 4.57. The maximum absolute atomic E-state index is 11.5. The van der Waals surface area contributed by atoms with Crippen molar-refractivity contribution >= 4 is 11.6 Å². The summed E-state index contributed by atoms with van der Waals surface area (Å²) in [6.45, 7) is 3.92. The van der Waals surface area contributed by atoms with E-state index in [4.69, 9.17) is 4.74 Å². The number of carbonyl (C=O) groups is 1. The number of rotatable bonds is 2. The second-order valence-electron chi connectivity index (χ2n) is 3.00. The smallest absolute Gasteiger partial charge is 0.343 e. The second-order valence-corrected chi connectivity index (χ2v) is 3.00. The molecule has 0 amide bonds. The lowest BCUT2D eigenvalue weighted by Gasteiger charge is -1.99. The number of fused-ring (bicyclic) bond motifs is 1. The van der Waals surface area contributed by atoms with E-state index in [0.29, 0.717) is 17.8 Å². The van der Waals surface area contributed by atoms with Gasteiger partial charge in [-0.05, 0) is 13.8 Å². The summed E-state index contributed by atoms with van der Waals surface area (Å²) in [7, 11) is 0. The van der Waals surface area contributed by atoms with E-state index in [9.17, 15) is 4.79 Å².